The van der Waals surface area contributed by atoms with E-state index in [0.717, 1.165) is 42.0 Å². The van der Waals surface area contributed by atoms with Crippen molar-refractivity contribution in [3.8, 4) is 6.07 Å². The number of rotatable bonds is 9. The van der Waals surface area contributed by atoms with E-state index in [-0.39, 0.29) is 11.4 Å². The van der Waals surface area contributed by atoms with Crippen LogP contribution in [0.2, 0.25) is 0 Å². The van der Waals surface area contributed by atoms with Gasteiger partial charge < -0.3 is 25.0 Å². The van der Waals surface area contributed by atoms with Gasteiger partial charge in [0.25, 0.3) is 5.01 Å². The first kappa shape index (κ1) is 33.2. The standard InChI is InChI=1S/C37H27B2N4O5S2/c40-19-25(20-41)36-28(17-34-42(30-8-1-3-10-32(30)49-34)21-23-12-14-26(15-13-23)38(45)46)37(44)29(36)18-35-43(31-9-2-4-11-33(31)50-35)22-24-6-5-7-27(16-24)39(47)48/h1-18,40,45-48H,21-22H2/q+1. The number of aromatic nitrogens is 1. The smallest absolute Gasteiger partial charge is 0.423 e. The van der Waals surface area contributed by atoms with Crippen LogP contribution >= 0.6 is 23.1 Å². The van der Waals surface area contributed by atoms with Crippen LogP contribution in [0.5, 0.6) is 0 Å². The van der Waals surface area contributed by atoms with Gasteiger partial charge in [-0.3, -0.25) is 10.2 Å². The van der Waals surface area contributed by atoms with Crippen LogP contribution in [0.1, 0.15) is 16.1 Å². The highest BCUT2D eigenvalue weighted by atomic mass is 32.2. The van der Waals surface area contributed by atoms with E-state index in [2.05, 4.69) is 16.8 Å². The lowest BCUT2D eigenvalue weighted by molar-refractivity contribution is -0.659. The van der Waals surface area contributed by atoms with Gasteiger partial charge in [-0.05, 0) is 46.6 Å². The van der Waals surface area contributed by atoms with Crippen LogP contribution in [-0.4, -0.2) is 46.0 Å². The van der Waals surface area contributed by atoms with Crippen molar-refractivity contribution in [3.05, 3.63) is 147 Å². The van der Waals surface area contributed by atoms with E-state index in [9.17, 15) is 30.2 Å². The number of allylic oxidation sites excluding steroid dienone is 5. The second-order valence-electron chi connectivity index (χ2n) is 11.7. The Morgan fingerprint density at radius 2 is 1.62 bits per heavy atom. The average molecular weight is 693 g/mol. The third kappa shape index (κ3) is 6.29. The molecule has 5 aromatic rings. The molecule has 0 unspecified atom stereocenters. The predicted molar refractivity (Wildman–Crippen MR) is 197 cm³/mol. The number of ketones is 1. The molecule has 1 aliphatic heterocycles. The fraction of sp³-hybridized carbons (Fsp3) is 0.0541. The molecule has 0 spiro atoms. The third-order valence-corrected chi connectivity index (χ3v) is 10.8. The fourth-order valence-corrected chi connectivity index (χ4v) is 8.26. The monoisotopic (exact) mass is 693 g/mol. The molecule has 0 amide bonds. The summed E-state index contributed by atoms with van der Waals surface area (Å²) in [5, 5.41) is 58.0. The van der Waals surface area contributed by atoms with Crippen molar-refractivity contribution >= 4 is 81.9 Å². The molecule has 1 aromatic heterocycles. The van der Waals surface area contributed by atoms with Crippen LogP contribution in [0.3, 0.4) is 0 Å². The predicted octanol–water partition coefficient (Wildman–Crippen LogP) is 3.21. The summed E-state index contributed by atoms with van der Waals surface area (Å²) in [6.07, 6.45) is 3.53. The molecule has 0 atom stereocenters. The van der Waals surface area contributed by atoms with Crippen molar-refractivity contribution in [2.45, 2.75) is 18.0 Å². The van der Waals surface area contributed by atoms with Crippen LogP contribution < -0.4 is 20.4 Å². The normalized spacial score (nSPS) is 15.3. The number of carbonyl (C=O) groups excluding carboxylic acids is 1. The van der Waals surface area contributed by atoms with Crippen molar-refractivity contribution in [2.24, 2.45) is 0 Å². The summed E-state index contributed by atoms with van der Waals surface area (Å²) in [7, 11) is -3.17. The van der Waals surface area contributed by atoms with Crippen molar-refractivity contribution in [1.29, 1.82) is 10.7 Å². The molecule has 7 rings (SSSR count). The lowest BCUT2D eigenvalue weighted by Gasteiger charge is -2.25. The summed E-state index contributed by atoms with van der Waals surface area (Å²) < 4.78 is 3.03. The maximum absolute atomic E-state index is 14.0. The van der Waals surface area contributed by atoms with E-state index in [4.69, 9.17) is 5.41 Å². The number of carbonyl (C=O) groups is 1. The minimum atomic E-state index is -1.60. The summed E-state index contributed by atoms with van der Waals surface area (Å²) in [4.78, 5) is 17.1. The van der Waals surface area contributed by atoms with Crippen LogP contribution in [0.4, 0.5) is 5.69 Å². The van der Waals surface area contributed by atoms with Gasteiger partial charge in [0.15, 0.2) is 12.3 Å². The maximum atomic E-state index is 14.0. The van der Waals surface area contributed by atoms with Crippen LogP contribution in [0.25, 0.3) is 16.3 Å². The molecule has 242 valence electrons. The van der Waals surface area contributed by atoms with Crippen LogP contribution in [0, 0.1) is 16.7 Å². The number of para-hydroxylation sites is 2. The van der Waals surface area contributed by atoms with E-state index >= 15 is 0 Å². The highest BCUT2D eigenvalue weighted by molar-refractivity contribution is 8.03. The van der Waals surface area contributed by atoms with Gasteiger partial charge in [0.2, 0.25) is 5.52 Å². The van der Waals surface area contributed by atoms with E-state index in [0.29, 0.717) is 40.7 Å². The quantitative estimate of drug-likeness (QED) is 0.0519. The van der Waals surface area contributed by atoms with Gasteiger partial charge in [-0.2, -0.15) is 9.83 Å². The first-order valence-corrected chi connectivity index (χ1v) is 17.2. The first-order valence-electron chi connectivity index (χ1n) is 15.5. The Hall–Kier alpha value is -5.28. The van der Waals surface area contributed by atoms with E-state index in [1.165, 1.54) is 23.1 Å². The second kappa shape index (κ2) is 13.9. The van der Waals surface area contributed by atoms with Gasteiger partial charge in [0.1, 0.15) is 16.3 Å². The number of nitrogens with zero attached hydrogens (tertiary/aromatic N) is 3. The molecule has 0 radical (unpaired) electrons. The number of thioether (sulfide) groups is 1. The minimum Gasteiger partial charge on any atom is -0.423 e. The molecule has 0 saturated carbocycles. The number of nitriles is 1. The SMILES string of the molecule is N#CC(=C=N)C1=C(/C=C2\Sc3ccccc3N2Cc2ccc(B(O)O)cc2)C(=O)/C1=C\c1sc2ccccc2[n+]1Cc1cccc(B(O)O)c1. The van der Waals surface area contributed by atoms with Gasteiger partial charge in [-0.15, -0.1) is 0 Å². The molecule has 4 aromatic carbocycles. The lowest BCUT2D eigenvalue weighted by atomic mass is 9.77. The Morgan fingerprint density at radius 1 is 0.880 bits per heavy atom. The van der Waals surface area contributed by atoms with Crippen molar-refractivity contribution in [1.82, 2.24) is 0 Å². The van der Waals surface area contributed by atoms with E-state index < -0.39 is 14.2 Å². The molecule has 2 aliphatic rings. The molecule has 13 heteroatoms. The van der Waals surface area contributed by atoms with Gasteiger partial charge in [-0.25, -0.2) is 0 Å². The highest BCUT2D eigenvalue weighted by Gasteiger charge is 2.38. The number of hydrogen-bond donors (Lipinski definition) is 5. The summed E-state index contributed by atoms with van der Waals surface area (Å²) in [6.45, 7) is 0.834. The fourth-order valence-electron chi connectivity index (χ4n) is 6.05. The number of thiazole rings is 1. The van der Waals surface area contributed by atoms with E-state index in [1.807, 2.05) is 71.3 Å². The molecule has 50 heavy (non-hydrogen) atoms. The number of Topliss-reactive ketones (excluding diaryl/α,β-unsaturated/α-hetero) is 1. The number of hydrogen-bond acceptors (Lipinski definition) is 10. The van der Waals surface area contributed by atoms with Crippen LogP contribution in [0.15, 0.2) is 135 Å². The Labute approximate surface area is 296 Å². The Balaban J connectivity index is 1.31. The topological polar surface area (TPSA) is 153 Å². The zero-order valence-electron chi connectivity index (χ0n) is 26.3. The number of benzene rings is 4. The van der Waals surface area contributed by atoms with E-state index in [1.54, 1.807) is 42.5 Å². The maximum Gasteiger partial charge on any atom is 0.488 e. The van der Waals surface area contributed by atoms with Gasteiger partial charge in [0, 0.05) is 45.9 Å². The molecular weight excluding hydrogens is 666 g/mol. The van der Waals surface area contributed by atoms with Crippen molar-refractivity contribution in [3.63, 3.8) is 0 Å². The summed E-state index contributed by atoms with van der Waals surface area (Å²) in [5.41, 5.74) is 5.30. The van der Waals surface area contributed by atoms with Gasteiger partial charge in [-0.1, -0.05) is 95.9 Å². The molecular formula is C37H27B2N4O5S2+. The van der Waals surface area contributed by atoms with Gasteiger partial charge in [0.05, 0.1) is 10.7 Å². The molecule has 0 bridgehead atoms. The molecule has 5 N–H and O–H groups in total. The Kier molecular flexibility index (Phi) is 9.25. The molecule has 9 nitrogen and oxygen atoms in total. The number of fused-ring (bicyclic) bond motifs is 2. The average Bonchev–Trinajstić information content (AvgIpc) is 3.66. The Morgan fingerprint density at radius 3 is 2.36 bits per heavy atom. The molecule has 0 saturated heterocycles. The zero-order valence-corrected chi connectivity index (χ0v) is 27.9. The Bertz CT molecular complexity index is 2370. The lowest BCUT2D eigenvalue weighted by Crippen LogP contribution is -2.37. The van der Waals surface area contributed by atoms with Gasteiger partial charge >= 0.3 is 14.2 Å². The number of anilines is 1. The second-order valence-corrected chi connectivity index (χ2v) is 13.8. The summed E-state index contributed by atoms with van der Waals surface area (Å²) in [6, 6.07) is 31.8. The largest absolute Gasteiger partial charge is 0.488 e. The summed E-state index contributed by atoms with van der Waals surface area (Å²) in [5.74, 6) is 1.98. The molecule has 0 fully saturated rings. The molecule has 2 heterocycles. The van der Waals surface area contributed by atoms with Crippen LogP contribution in [-0.2, 0) is 17.9 Å². The third-order valence-electron chi connectivity index (χ3n) is 8.53. The summed E-state index contributed by atoms with van der Waals surface area (Å²) >= 11 is 2.99. The first-order chi connectivity index (χ1) is 24.2. The molecule has 1 aliphatic carbocycles. The van der Waals surface area contributed by atoms with Crippen molar-refractivity contribution in [2.75, 3.05) is 4.90 Å². The highest BCUT2D eigenvalue weighted by Crippen LogP contribution is 2.48. The number of nitrogens with one attached hydrogen (secondary N) is 1. The van der Waals surface area contributed by atoms with Crippen molar-refractivity contribution < 1.29 is 29.5 Å². The minimum absolute atomic E-state index is 0.0507. The zero-order chi connectivity index (χ0) is 34.9.